The molecule has 30 heavy (non-hydrogen) atoms. The normalized spacial score (nSPS) is 19.3. The lowest BCUT2D eigenvalue weighted by atomic mass is 9.87. The molecule has 2 amide bonds. The number of carbonyl (C=O) groups is 2. The summed E-state index contributed by atoms with van der Waals surface area (Å²) < 4.78 is 1.86. The van der Waals surface area contributed by atoms with E-state index in [1.54, 1.807) is 11.3 Å². The first kappa shape index (κ1) is 21.1. The van der Waals surface area contributed by atoms with Gasteiger partial charge in [0, 0.05) is 48.7 Å². The monoisotopic (exact) mass is 428 g/mol. The van der Waals surface area contributed by atoms with E-state index >= 15 is 0 Å². The molecule has 1 N–H and O–H groups in total. The highest BCUT2D eigenvalue weighted by molar-refractivity contribution is 7.14. The van der Waals surface area contributed by atoms with E-state index in [1.807, 2.05) is 30.5 Å². The van der Waals surface area contributed by atoms with Crippen molar-refractivity contribution < 1.29 is 9.59 Å². The molecule has 0 spiro atoms. The molecule has 0 saturated carbocycles. The summed E-state index contributed by atoms with van der Waals surface area (Å²) in [5.41, 5.74) is 4.35. The zero-order valence-corrected chi connectivity index (χ0v) is 19.1. The van der Waals surface area contributed by atoms with Crippen LogP contribution in [0.25, 0.3) is 0 Å². The number of aryl methyl sites for hydroxylation is 3. The maximum Gasteiger partial charge on any atom is 0.263 e. The number of amides is 2. The lowest BCUT2D eigenvalue weighted by Gasteiger charge is -2.21. The second-order valence-electron chi connectivity index (χ2n) is 8.70. The molecule has 1 aliphatic heterocycles. The average Bonchev–Trinajstić information content (AvgIpc) is 3.12. The quantitative estimate of drug-likeness (QED) is 0.810. The van der Waals surface area contributed by atoms with E-state index in [2.05, 4.69) is 16.5 Å². The highest BCUT2D eigenvalue weighted by Crippen LogP contribution is 2.33. The van der Waals surface area contributed by atoms with E-state index in [0.29, 0.717) is 6.54 Å². The third-order valence-corrected chi connectivity index (χ3v) is 7.88. The van der Waals surface area contributed by atoms with E-state index in [1.165, 1.54) is 23.3 Å². The molecule has 1 atom stereocenters. The van der Waals surface area contributed by atoms with Crippen LogP contribution in [-0.2, 0) is 31.2 Å². The number of hydrogen-bond acceptors (Lipinski definition) is 4. The van der Waals surface area contributed by atoms with Crippen molar-refractivity contribution in [1.82, 2.24) is 20.0 Å². The third kappa shape index (κ3) is 4.31. The number of aromatic nitrogens is 2. The zero-order valence-electron chi connectivity index (χ0n) is 18.3. The predicted molar refractivity (Wildman–Crippen MR) is 119 cm³/mol. The van der Waals surface area contributed by atoms with Gasteiger partial charge in [-0.1, -0.05) is 12.8 Å². The molecular weight excluding hydrogens is 396 g/mol. The van der Waals surface area contributed by atoms with Crippen LogP contribution in [0, 0.1) is 19.8 Å². The Morgan fingerprint density at radius 3 is 2.60 bits per heavy atom. The molecule has 0 unspecified atom stereocenters. The summed E-state index contributed by atoms with van der Waals surface area (Å²) in [5.74, 6) is 0.264. The third-order valence-electron chi connectivity index (χ3n) is 6.66. The molecule has 0 radical (unpaired) electrons. The van der Waals surface area contributed by atoms with Crippen molar-refractivity contribution in [3.63, 3.8) is 0 Å². The minimum absolute atomic E-state index is 0.0227. The molecule has 1 saturated heterocycles. The summed E-state index contributed by atoms with van der Waals surface area (Å²) in [6.45, 7) is 6.29. The molecule has 0 bridgehead atoms. The van der Waals surface area contributed by atoms with E-state index < -0.39 is 0 Å². The lowest BCUT2D eigenvalue weighted by molar-refractivity contribution is -0.125. The van der Waals surface area contributed by atoms with E-state index in [4.69, 9.17) is 0 Å². The van der Waals surface area contributed by atoms with Gasteiger partial charge in [0.25, 0.3) is 5.91 Å². The number of likely N-dealkylation sites (tertiary alicyclic amines) is 1. The van der Waals surface area contributed by atoms with E-state index in [-0.39, 0.29) is 17.7 Å². The second-order valence-corrected chi connectivity index (χ2v) is 9.83. The van der Waals surface area contributed by atoms with Crippen LogP contribution >= 0.6 is 11.3 Å². The zero-order chi connectivity index (χ0) is 21.3. The Morgan fingerprint density at radius 1 is 1.20 bits per heavy atom. The number of hydrogen-bond donors (Lipinski definition) is 1. The van der Waals surface area contributed by atoms with Crippen molar-refractivity contribution in [1.29, 1.82) is 0 Å². The van der Waals surface area contributed by atoms with Gasteiger partial charge in [0.2, 0.25) is 5.91 Å². The van der Waals surface area contributed by atoms with Crippen LogP contribution in [0.4, 0.5) is 0 Å². The lowest BCUT2D eigenvalue weighted by Crippen LogP contribution is -2.33. The van der Waals surface area contributed by atoms with Crippen molar-refractivity contribution in [2.45, 2.75) is 65.3 Å². The summed E-state index contributed by atoms with van der Waals surface area (Å²) in [7, 11) is 1.93. The number of nitrogens with one attached hydrogen (secondary N) is 1. The molecule has 3 heterocycles. The highest BCUT2D eigenvalue weighted by atomic mass is 32.1. The summed E-state index contributed by atoms with van der Waals surface area (Å²) in [6.07, 6.45) is 7.12. The van der Waals surface area contributed by atoms with Gasteiger partial charge in [-0.2, -0.15) is 5.10 Å². The van der Waals surface area contributed by atoms with Gasteiger partial charge in [0.15, 0.2) is 0 Å². The van der Waals surface area contributed by atoms with Crippen LogP contribution in [0.1, 0.15) is 69.2 Å². The molecular formula is C23H32N4O2S. The van der Waals surface area contributed by atoms with Crippen LogP contribution in [0.3, 0.4) is 0 Å². The van der Waals surface area contributed by atoms with Crippen molar-refractivity contribution in [2.75, 3.05) is 13.1 Å². The van der Waals surface area contributed by atoms with Crippen LogP contribution in [0.15, 0.2) is 6.07 Å². The number of thiophene rings is 1. The van der Waals surface area contributed by atoms with Crippen LogP contribution in [0.2, 0.25) is 0 Å². The van der Waals surface area contributed by atoms with Gasteiger partial charge in [0.05, 0.1) is 10.6 Å². The molecule has 4 rings (SSSR count). The van der Waals surface area contributed by atoms with E-state index in [9.17, 15) is 9.59 Å². The van der Waals surface area contributed by atoms with Crippen molar-refractivity contribution in [3.05, 3.63) is 38.3 Å². The minimum Gasteiger partial charge on any atom is -0.352 e. The Morgan fingerprint density at radius 2 is 1.93 bits per heavy atom. The fraction of sp³-hybridized carbons (Fsp3) is 0.609. The maximum atomic E-state index is 13.0. The minimum atomic E-state index is -0.0227. The first-order chi connectivity index (χ1) is 14.4. The summed E-state index contributed by atoms with van der Waals surface area (Å²) in [4.78, 5) is 29.9. The van der Waals surface area contributed by atoms with Crippen LogP contribution < -0.4 is 5.32 Å². The van der Waals surface area contributed by atoms with Gasteiger partial charge >= 0.3 is 0 Å². The van der Waals surface area contributed by atoms with Gasteiger partial charge in [-0.15, -0.1) is 11.3 Å². The Hall–Kier alpha value is -2.15. The number of rotatable bonds is 4. The van der Waals surface area contributed by atoms with Gasteiger partial charge in [-0.05, 0) is 57.6 Å². The predicted octanol–water partition coefficient (Wildman–Crippen LogP) is 3.54. The van der Waals surface area contributed by atoms with Gasteiger partial charge in [-0.3, -0.25) is 14.3 Å². The van der Waals surface area contributed by atoms with Gasteiger partial charge < -0.3 is 10.2 Å². The summed E-state index contributed by atoms with van der Waals surface area (Å²) in [6, 6.07) is 2.06. The molecule has 0 aromatic carbocycles. The van der Waals surface area contributed by atoms with E-state index in [0.717, 1.165) is 67.0 Å². The fourth-order valence-electron chi connectivity index (χ4n) is 4.68. The standard InChI is InChI=1S/C23H32N4O2S/c1-15-19(16(2)26(3)25-15)14-24-22(28)17-8-9-20-18(12-17)13-21(30-20)23(29)27-10-6-4-5-7-11-27/h13,17H,4-12,14H2,1-3H3,(H,24,28)/t17-/m1/s1. The Labute approximate surface area is 182 Å². The van der Waals surface area contributed by atoms with Crippen LogP contribution in [-0.4, -0.2) is 39.6 Å². The second kappa shape index (κ2) is 8.92. The Balaban J connectivity index is 1.38. The highest BCUT2D eigenvalue weighted by Gasteiger charge is 2.29. The molecule has 1 aliphatic carbocycles. The average molecular weight is 429 g/mol. The number of carbonyl (C=O) groups excluding carboxylic acids is 2. The molecule has 2 aromatic rings. The molecule has 7 heteroatoms. The molecule has 162 valence electrons. The Kier molecular flexibility index (Phi) is 6.27. The largest absolute Gasteiger partial charge is 0.352 e. The smallest absolute Gasteiger partial charge is 0.263 e. The van der Waals surface area contributed by atoms with Gasteiger partial charge in [0.1, 0.15) is 0 Å². The maximum absolute atomic E-state index is 13.0. The SMILES string of the molecule is Cc1nn(C)c(C)c1CNC(=O)[C@@H]1CCc2sc(C(=O)N3CCCCCC3)cc2C1. The molecule has 2 aromatic heterocycles. The Bertz CT molecular complexity index is 937. The van der Waals surface area contributed by atoms with Crippen molar-refractivity contribution in [3.8, 4) is 0 Å². The van der Waals surface area contributed by atoms with Crippen molar-refractivity contribution in [2.24, 2.45) is 13.0 Å². The number of nitrogens with zero attached hydrogens (tertiary/aromatic N) is 3. The molecule has 2 aliphatic rings. The first-order valence-corrected chi connectivity index (χ1v) is 11.9. The number of fused-ring (bicyclic) bond motifs is 1. The molecule has 1 fully saturated rings. The fourth-order valence-corrected chi connectivity index (χ4v) is 5.85. The molecule has 6 nitrogen and oxygen atoms in total. The van der Waals surface area contributed by atoms with Crippen molar-refractivity contribution >= 4 is 23.2 Å². The first-order valence-electron chi connectivity index (χ1n) is 11.1. The summed E-state index contributed by atoms with van der Waals surface area (Å²) in [5, 5.41) is 7.54. The van der Waals surface area contributed by atoms with Gasteiger partial charge in [-0.25, -0.2) is 0 Å². The topological polar surface area (TPSA) is 67.2 Å². The van der Waals surface area contributed by atoms with Crippen LogP contribution in [0.5, 0.6) is 0 Å². The summed E-state index contributed by atoms with van der Waals surface area (Å²) >= 11 is 1.64.